The summed E-state index contributed by atoms with van der Waals surface area (Å²) < 4.78 is 0. The third-order valence-corrected chi connectivity index (χ3v) is 17.3. The molecular weight excluding hydrogens is 997 g/mol. The average Bonchev–Trinajstić information content (AvgIpc) is 2.60. The van der Waals surface area contributed by atoms with Crippen LogP contribution in [0, 0.1) is 27.7 Å². The van der Waals surface area contributed by atoms with Crippen molar-refractivity contribution >= 4 is 0 Å². The van der Waals surface area contributed by atoms with E-state index in [1.165, 1.54) is 156 Å². The Morgan fingerprint density at radius 2 is 0.482 bits per heavy atom. The molecule has 14 rings (SSSR count). The van der Waals surface area contributed by atoms with Crippen LogP contribution in [0.2, 0.25) is 0 Å². The first-order chi connectivity index (χ1) is 40.8. The molecule has 0 heteroatoms. The van der Waals surface area contributed by atoms with E-state index in [2.05, 4.69) is 331 Å². The van der Waals surface area contributed by atoms with Gasteiger partial charge in [0.25, 0.3) is 0 Å². The van der Waals surface area contributed by atoms with Crippen molar-refractivity contribution in [3.8, 4) is 111 Å². The van der Waals surface area contributed by atoms with Crippen LogP contribution < -0.4 is 0 Å². The summed E-state index contributed by atoms with van der Waals surface area (Å²) in [6.07, 6.45) is 0. The SMILES string of the molecule is Cc1cc(C)c(-c2cccc3c2-c2c(C)cccc2C3(c2cccc(-c3cccc(-c4cc(-c5ccccc5)cc(-c5ccccc5)c4)c3)c2)c2cccc(-c3cccc(-c4cc(-c5ccccc5)cc(-c5ccccc5)c4)c3)c2)c(C)c1. The maximum Gasteiger partial charge on any atom is 0.0714 e. The average molecular weight is 1060 g/mol. The maximum absolute atomic E-state index is 2.49. The van der Waals surface area contributed by atoms with Crippen LogP contribution in [-0.2, 0) is 5.41 Å². The highest BCUT2D eigenvalue weighted by Gasteiger charge is 2.48. The van der Waals surface area contributed by atoms with Gasteiger partial charge < -0.3 is 0 Å². The minimum Gasteiger partial charge on any atom is -0.0622 e. The monoisotopic (exact) mass is 1060 g/mol. The highest BCUT2D eigenvalue weighted by atomic mass is 14.5. The summed E-state index contributed by atoms with van der Waals surface area (Å²) in [6, 6.07) is 113. The van der Waals surface area contributed by atoms with Crippen molar-refractivity contribution in [3.05, 3.63) is 348 Å². The molecule has 83 heavy (non-hydrogen) atoms. The molecule has 394 valence electrons. The Bertz CT molecular complexity index is 4210. The zero-order valence-electron chi connectivity index (χ0n) is 47.4. The van der Waals surface area contributed by atoms with Crippen LogP contribution in [-0.4, -0.2) is 0 Å². The molecule has 0 atom stereocenters. The van der Waals surface area contributed by atoms with E-state index < -0.39 is 5.41 Å². The van der Waals surface area contributed by atoms with Crippen molar-refractivity contribution in [2.75, 3.05) is 0 Å². The summed E-state index contributed by atoms with van der Waals surface area (Å²) >= 11 is 0. The second-order valence-corrected chi connectivity index (χ2v) is 22.6. The summed E-state index contributed by atoms with van der Waals surface area (Å²) in [5.41, 5.74) is 33.7. The van der Waals surface area contributed by atoms with Crippen molar-refractivity contribution < 1.29 is 0 Å². The van der Waals surface area contributed by atoms with E-state index in [0.29, 0.717) is 0 Å². The van der Waals surface area contributed by atoms with Crippen LogP contribution >= 0.6 is 0 Å². The zero-order valence-corrected chi connectivity index (χ0v) is 47.4. The van der Waals surface area contributed by atoms with Crippen LogP contribution in [0.1, 0.15) is 44.5 Å². The molecule has 0 nitrogen and oxygen atoms in total. The number of hydrogen-bond acceptors (Lipinski definition) is 0. The van der Waals surface area contributed by atoms with Crippen LogP contribution in [0.3, 0.4) is 0 Å². The van der Waals surface area contributed by atoms with Crippen molar-refractivity contribution in [3.63, 3.8) is 0 Å². The fourth-order valence-corrected chi connectivity index (χ4v) is 13.6. The van der Waals surface area contributed by atoms with Crippen LogP contribution in [0.25, 0.3) is 111 Å². The maximum atomic E-state index is 2.49. The van der Waals surface area contributed by atoms with Gasteiger partial charge in [-0.2, -0.15) is 0 Å². The Balaban J connectivity index is 0.956. The van der Waals surface area contributed by atoms with Gasteiger partial charge in [0.2, 0.25) is 0 Å². The topological polar surface area (TPSA) is 0 Å². The van der Waals surface area contributed by atoms with Gasteiger partial charge >= 0.3 is 0 Å². The molecule has 0 saturated carbocycles. The smallest absolute Gasteiger partial charge is 0.0622 e. The predicted octanol–water partition coefficient (Wildman–Crippen LogP) is 22.3. The van der Waals surface area contributed by atoms with Crippen molar-refractivity contribution in [1.29, 1.82) is 0 Å². The summed E-state index contributed by atoms with van der Waals surface area (Å²) in [4.78, 5) is 0. The Labute approximate surface area is 489 Å². The van der Waals surface area contributed by atoms with Crippen molar-refractivity contribution in [1.82, 2.24) is 0 Å². The lowest BCUT2D eigenvalue weighted by Gasteiger charge is -2.35. The molecule has 0 N–H and O–H groups in total. The lowest BCUT2D eigenvalue weighted by atomic mass is 9.66. The number of rotatable bonds is 11. The molecule has 1 aliphatic rings. The molecule has 0 fully saturated rings. The summed E-state index contributed by atoms with van der Waals surface area (Å²) in [7, 11) is 0. The van der Waals surface area contributed by atoms with Gasteiger partial charge in [-0.1, -0.05) is 248 Å². The van der Waals surface area contributed by atoms with Gasteiger partial charge in [-0.3, -0.25) is 0 Å². The second kappa shape index (κ2) is 21.4. The molecule has 0 aliphatic heterocycles. The largest absolute Gasteiger partial charge is 0.0714 e. The molecule has 0 aromatic heterocycles. The second-order valence-electron chi connectivity index (χ2n) is 22.6. The van der Waals surface area contributed by atoms with E-state index in [1.807, 2.05) is 0 Å². The van der Waals surface area contributed by atoms with E-state index in [0.717, 1.165) is 0 Å². The Morgan fingerprint density at radius 3 is 0.880 bits per heavy atom. The van der Waals surface area contributed by atoms with Gasteiger partial charge in [0.1, 0.15) is 0 Å². The molecule has 0 spiro atoms. The minimum absolute atomic E-state index is 0.691. The van der Waals surface area contributed by atoms with Crippen LogP contribution in [0.4, 0.5) is 0 Å². The van der Waals surface area contributed by atoms with Gasteiger partial charge in [0.15, 0.2) is 0 Å². The molecule has 0 bridgehead atoms. The quantitative estimate of drug-likeness (QED) is 0.121. The lowest BCUT2D eigenvalue weighted by Crippen LogP contribution is -2.28. The highest BCUT2D eigenvalue weighted by molar-refractivity contribution is 5.98. The number of benzene rings is 13. The first-order valence-electron chi connectivity index (χ1n) is 29.0. The van der Waals surface area contributed by atoms with Crippen LogP contribution in [0.15, 0.2) is 303 Å². The highest BCUT2D eigenvalue weighted by Crippen LogP contribution is 2.60. The summed E-state index contributed by atoms with van der Waals surface area (Å²) in [5, 5.41) is 0. The fourth-order valence-electron chi connectivity index (χ4n) is 13.6. The summed E-state index contributed by atoms with van der Waals surface area (Å²) in [5.74, 6) is 0. The molecule has 0 amide bonds. The number of aryl methyl sites for hydroxylation is 4. The Kier molecular flexibility index (Phi) is 13.2. The van der Waals surface area contributed by atoms with E-state index in [9.17, 15) is 0 Å². The molecule has 0 saturated heterocycles. The van der Waals surface area contributed by atoms with Gasteiger partial charge in [0.05, 0.1) is 5.41 Å². The standard InChI is InChI=1S/C83H62/c1-55-43-57(3)80(58(4)44-55)77-40-22-42-79-82(77)81-56(2)23-17-41-78(81)83(79,75-38-20-36-67(53-75)63-32-18-34-65(45-63)73-49-69(59-24-9-5-10-25-59)47-70(50-73)60-26-11-6-12-27-60)76-39-21-37-68(54-76)64-33-19-35-66(46-64)74-51-71(61-28-13-7-14-29-61)48-72(52-74)62-30-15-8-16-31-62/h5-54H,1-4H3. The molecular formula is C83H62. The molecule has 0 radical (unpaired) electrons. The van der Waals surface area contributed by atoms with Gasteiger partial charge in [-0.25, -0.2) is 0 Å². The number of fused-ring (bicyclic) bond motifs is 3. The van der Waals surface area contributed by atoms with Crippen LogP contribution in [0.5, 0.6) is 0 Å². The van der Waals surface area contributed by atoms with Crippen molar-refractivity contribution in [2.45, 2.75) is 33.1 Å². The third kappa shape index (κ3) is 9.33. The fraction of sp³-hybridized carbons (Fsp3) is 0.0602. The summed E-state index contributed by atoms with van der Waals surface area (Å²) in [6.45, 7) is 9.08. The van der Waals surface area contributed by atoms with Gasteiger partial charge in [-0.05, 0) is 239 Å². The van der Waals surface area contributed by atoms with E-state index in [1.54, 1.807) is 0 Å². The van der Waals surface area contributed by atoms with Gasteiger partial charge in [-0.15, -0.1) is 0 Å². The van der Waals surface area contributed by atoms with E-state index >= 15 is 0 Å². The Hall–Kier alpha value is -10.1. The molecule has 13 aromatic carbocycles. The normalized spacial score (nSPS) is 12.2. The lowest BCUT2D eigenvalue weighted by molar-refractivity contribution is 0.769. The predicted molar refractivity (Wildman–Crippen MR) is 352 cm³/mol. The van der Waals surface area contributed by atoms with E-state index in [4.69, 9.17) is 0 Å². The first-order valence-corrected chi connectivity index (χ1v) is 29.0. The molecule has 1 aliphatic carbocycles. The first kappa shape index (κ1) is 51.0. The zero-order chi connectivity index (χ0) is 56.0. The molecule has 0 heterocycles. The molecule has 0 unspecified atom stereocenters. The number of hydrogen-bond donors (Lipinski definition) is 0. The third-order valence-electron chi connectivity index (χ3n) is 17.3. The molecule has 13 aromatic rings. The van der Waals surface area contributed by atoms with E-state index in [-0.39, 0.29) is 0 Å². The minimum atomic E-state index is -0.691. The van der Waals surface area contributed by atoms with Crippen molar-refractivity contribution in [2.24, 2.45) is 0 Å². The Morgan fingerprint density at radius 1 is 0.193 bits per heavy atom. The van der Waals surface area contributed by atoms with Gasteiger partial charge in [0, 0.05) is 0 Å².